The van der Waals surface area contributed by atoms with Crippen LogP contribution in [0.2, 0.25) is 0 Å². The molecule has 8 heteroatoms. The molecule has 2 heterocycles. The zero-order valence-electron chi connectivity index (χ0n) is 13.1. The Morgan fingerprint density at radius 1 is 1.00 bits per heavy atom. The highest BCUT2D eigenvalue weighted by molar-refractivity contribution is 6.26. The summed E-state index contributed by atoms with van der Waals surface area (Å²) < 4.78 is 27.3. The monoisotopic (exact) mass is 342 g/mol. The van der Waals surface area contributed by atoms with Crippen LogP contribution in [0, 0.1) is 18.6 Å². The Labute approximate surface area is 141 Å². The van der Waals surface area contributed by atoms with Crippen molar-refractivity contribution in [2.45, 2.75) is 19.0 Å². The molecule has 2 aromatic carbocycles. The first-order chi connectivity index (χ1) is 12.0. The van der Waals surface area contributed by atoms with Crippen molar-refractivity contribution in [1.82, 2.24) is 0 Å². The number of hydrogen-bond acceptors (Lipinski definition) is 5. The van der Waals surface area contributed by atoms with Crippen LogP contribution in [0.15, 0.2) is 52.8 Å². The van der Waals surface area contributed by atoms with Gasteiger partial charge in [-0.1, -0.05) is 17.4 Å². The Morgan fingerprint density at radius 2 is 1.80 bits per heavy atom. The lowest BCUT2D eigenvalue weighted by molar-refractivity contribution is -0.121. The van der Waals surface area contributed by atoms with Gasteiger partial charge < -0.3 is 0 Å². The van der Waals surface area contributed by atoms with E-state index in [1.54, 1.807) is 13.0 Å². The summed E-state index contributed by atoms with van der Waals surface area (Å²) in [4.78, 5) is 26.3. The molecule has 6 nitrogen and oxygen atoms in total. The lowest BCUT2D eigenvalue weighted by atomic mass is 10.1. The molecule has 0 radical (unpaired) electrons. The van der Waals surface area contributed by atoms with Crippen molar-refractivity contribution in [2.24, 2.45) is 10.3 Å². The third-order valence-corrected chi connectivity index (χ3v) is 4.27. The van der Waals surface area contributed by atoms with Crippen LogP contribution in [0.25, 0.3) is 0 Å². The number of aryl methyl sites for hydroxylation is 1. The number of imide groups is 1. The first kappa shape index (κ1) is 15.4. The second-order valence-electron chi connectivity index (χ2n) is 5.86. The van der Waals surface area contributed by atoms with Crippen LogP contribution in [0.5, 0.6) is 0 Å². The summed E-state index contributed by atoms with van der Waals surface area (Å²) in [7, 11) is 0. The summed E-state index contributed by atoms with van der Waals surface area (Å²) in [5, 5.41) is 8.92. The Morgan fingerprint density at radius 3 is 2.52 bits per heavy atom. The van der Waals surface area contributed by atoms with Crippen LogP contribution in [0.1, 0.15) is 5.56 Å². The van der Waals surface area contributed by atoms with Crippen molar-refractivity contribution in [3.05, 3.63) is 59.7 Å². The maximum Gasteiger partial charge on any atom is 0.263 e. The topological polar surface area (TPSA) is 65.3 Å². The van der Waals surface area contributed by atoms with E-state index in [0.717, 1.165) is 11.0 Å². The maximum absolute atomic E-state index is 13.8. The van der Waals surface area contributed by atoms with Gasteiger partial charge in [-0.25, -0.2) is 18.7 Å². The fourth-order valence-electron chi connectivity index (χ4n) is 2.97. The first-order valence-electron chi connectivity index (χ1n) is 7.57. The molecule has 2 atom stereocenters. The van der Waals surface area contributed by atoms with E-state index in [1.807, 2.05) is 0 Å². The molecule has 25 heavy (non-hydrogen) atoms. The number of anilines is 2. The minimum atomic E-state index is -1.03. The molecule has 1 saturated heterocycles. The Kier molecular flexibility index (Phi) is 3.34. The Balaban J connectivity index is 1.71. The number of rotatable bonds is 2. The molecule has 2 aromatic rings. The van der Waals surface area contributed by atoms with Crippen LogP contribution in [0.4, 0.5) is 20.2 Å². The molecule has 0 bridgehead atoms. The summed E-state index contributed by atoms with van der Waals surface area (Å²) in [5.74, 6) is -2.17. The lowest BCUT2D eigenvalue weighted by Gasteiger charge is -2.20. The minimum Gasteiger partial charge on any atom is -0.271 e. The first-order valence-corrected chi connectivity index (χ1v) is 7.57. The van der Waals surface area contributed by atoms with Crippen LogP contribution >= 0.6 is 0 Å². The number of carbonyl (C=O) groups excluding carboxylic acids is 2. The number of amides is 2. The van der Waals surface area contributed by atoms with E-state index in [0.29, 0.717) is 11.3 Å². The average Bonchev–Trinajstić information content (AvgIpc) is 3.12. The minimum absolute atomic E-state index is 0.141. The molecular formula is C17H12F2N4O2. The van der Waals surface area contributed by atoms with Gasteiger partial charge in [0.15, 0.2) is 12.1 Å². The number of halogens is 2. The van der Waals surface area contributed by atoms with Crippen molar-refractivity contribution in [3.8, 4) is 0 Å². The Hall–Kier alpha value is -3.16. The molecule has 0 aromatic heterocycles. The standard InChI is InChI=1S/C17H12F2N4O2/c1-9-5-6-11(8-13(9)19)22-16(24)14-15(17(22)25)23(21-20-14)12-4-2-3-10(18)7-12/h2-8,14-15H,1H3. The molecule has 0 spiro atoms. The highest BCUT2D eigenvalue weighted by atomic mass is 19.1. The second kappa shape index (κ2) is 5.44. The molecule has 0 aliphatic carbocycles. The predicted octanol–water partition coefficient (Wildman–Crippen LogP) is 2.77. The molecule has 2 aliphatic rings. The van der Waals surface area contributed by atoms with Gasteiger partial charge in [-0.15, -0.1) is 0 Å². The molecular weight excluding hydrogens is 330 g/mol. The van der Waals surface area contributed by atoms with Crippen LogP contribution in [-0.2, 0) is 9.59 Å². The van der Waals surface area contributed by atoms with E-state index in [4.69, 9.17) is 0 Å². The van der Waals surface area contributed by atoms with Gasteiger partial charge in [-0.2, -0.15) is 5.11 Å². The van der Waals surface area contributed by atoms with Crippen molar-refractivity contribution in [2.75, 3.05) is 9.91 Å². The van der Waals surface area contributed by atoms with E-state index >= 15 is 0 Å². The normalized spacial score (nSPS) is 22.0. The van der Waals surface area contributed by atoms with Crippen molar-refractivity contribution in [1.29, 1.82) is 0 Å². The number of fused-ring (bicyclic) bond motifs is 1. The summed E-state index contributed by atoms with van der Waals surface area (Å²) in [6, 6.07) is 7.60. The summed E-state index contributed by atoms with van der Waals surface area (Å²) in [6.45, 7) is 1.58. The van der Waals surface area contributed by atoms with E-state index in [-0.39, 0.29) is 5.69 Å². The predicted molar refractivity (Wildman–Crippen MR) is 84.9 cm³/mol. The van der Waals surface area contributed by atoms with Gasteiger partial charge in [0.1, 0.15) is 11.6 Å². The van der Waals surface area contributed by atoms with Gasteiger partial charge in [0, 0.05) is 0 Å². The van der Waals surface area contributed by atoms with Gasteiger partial charge in [0.25, 0.3) is 11.8 Å². The van der Waals surface area contributed by atoms with Crippen molar-refractivity contribution >= 4 is 23.2 Å². The summed E-state index contributed by atoms with van der Waals surface area (Å²) >= 11 is 0. The van der Waals surface area contributed by atoms with Gasteiger partial charge in [0.2, 0.25) is 0 Å². The molecule has 4 rings (SSSR count). The van der Waals surface area contributed by atoms with Crippen molar-refractivity contribution < 1.29 is 18.4 Å². The van der Waals surface area contributed by atoms with E-state index in [9.17, 15) is 18.4 Å². The van der Waals surface area contributed by atoms with Crippen LogP contribution < -0.4 is 9.91 Å². The van der Waals surface area contributed by atoms with Gasteiger partial charge in [-0.05, 0) is 42.8 Å². The molecule has 2 aliphatic heterocycles. The number of hydrogen-bond donors (Lipinski definition) is 0. The third-order valence-electron chi connectivity index (χ3n) is 4.27. The molecule has 0 N–H and O–H groups in total. The van der Waals surface area contributed by atoms with Gasteiger partial charge in [-0.3, -0.25) is 9.59 Å². The molecule has 2 unspecified atom stereocenters. The second-order valence-corrected chi connectivity index (χ2v) is 5.86. The largest absolute Gasteiger partial charge is 0.271 e. The molecule has 1 fully saturated rings. The van der Waals surface area contributed by atoms with E-state index in [1.165, 1.54) is 35.3 Å². The number of benzene rings is 2. The molecule has 0 saturated carbocycles. The highest BCUT2D eigenvalue weighted by Crippen LogP contribution is 2.35. The fraction of sp³-hybridized carbons (Fsp3) is 0.176. The fourth-order valence-corrected chi connectivity index (χ4v) is 2.97. The van der Waals surface area contributed by atoms with Crippen molar-refractivity contribution in [3.63, 3.8) is 0 Å². The van der Waals surface area contributed by atoms with E-state index < -0.39 is 35.5 Å². The van der Waals surface area contributed by atoms with E-state index in [2.05, 4.69) is 10.3 Å². The summed E-state index contributed by atoms with van der Waals surface area (Å²) in [5.41, 5.74) is 0.861. The SMILES string of the molecule is Cc1ccc(N2C(=O)C3N=NN(c4cccc(F)c4)C3C2=O)cc1F. The molecule has 2 amide bonds. The number of carbonyl (C=O) groups is 2. The maximum atomic E-state index is 13.8. The quantitative estimate of drug-likeness (QED) is 0.788. The molecule has 126 valence electrons. The van der Waals surface area contributed by atoms with Gasteiger partial charge in [0.05, 0.1) is 11.4 Å². The third kappa shape index (κ3) is 2.29. The van der Waals surface area contributed by atoms with Crippen LogP contribution in [-0.4, -0.2) is 23.9 Å². The van der Waals surface area contributed by atoms with Crippen LogP contribution in [0.3, 0.4) is 0 Å². The average molecular weight is 342 g/mol. The number of nitrogens with zero attached hydrogens (tertiary/aromatic N) is 4. The van der Waals surface area contributed by atoms with Gasteiger partial charge >= 0.3 is 0 Å². The Bertz CT molecular complexity index is 931. The smallest absolute Gasteiger partial charge is 0.263 e. The highest BCUT2D eigenvalue weighted by Gasteiger charge is 2.55. The summed E-state index contributed by atoms with van der Waals surface area (Å²) in [6.07, 6.45) is 0. The lowest BCUT2D eigenvalue weighted by Crippen LogP contribution is -2.40. The zero-order chi connectivity index (χ0) is 17.7. The zero-order valence-corrected chi connectivity index (χ0v) is 13.1.